The lowest BCUT2D eigenvalue weighted by Crippen LogP contribution is -2.18. The van der Waals surface area contributed by atoms with Gasteiger partial charge in [-0.15, -0.1) is 11.3 Å². The van der Waals surface area contributed by atoms with Crippen molar-refractivity contribution in [2.24, 2.45) is 0 Å². The third-order valence-corrected chi connectivity index (χ3v) is 2.24. The number of nitrogens with zero attached hydrogens (tertiary/aromatic N) is 1. The highest BCUT2D eigenvalue weighted by Gasteiger charge is 2.05. The van der Waals surface area contributed by atoms with Gasteiger partial charge >= 0.3 is 0 Å². The summed E-state index contributed by atoms with van der Waals surface area (Å²) in [5, 5.41) is 12.9. The summed E-state index contributed by atoms with van der Waals surface area (Å²) in [5.74, 6) is -0.351. The van der Waals surface area contributed by atoms with E-state index in [-0.39, 0.29) is 11.5 Å². The van der Waals surface area contributed by atoms with Crippen molar-refractivity contribution >= 4 is 23.3 Å². The van der Waals surface area contributed by atoms with E-state index in [2.05, 4.69) is 5.32 Å². The molecule has 0 saturated carbocycles. The zero-order chi connectivity index (χ0) is 9.68. The van der Waals surface area contributed by atoms with E-state index in [0.717, 1.165) is 4.88 Å². The molecule has 0 aliphatic heterocycles. The van der Waals surface area contributed by atoms with Crippen molar-refractivity contribution in [2.75, 3.05) is 7.05 Å². The number of amides is 1. The van der Waals surface area contributed by atoms with Crippen LogP contribution in [0.1, 0.15) is 4.88 Å². The van der Waals surface area contributed by atoms with E-state index < -0.39 is 0 Å². The summed E-state index contributed by atoms with van der Waals surface area (Å²) in [7, 11) is 1.50. The molecule has 3 nitrogen and oxygen atoms in total. The number of hydrogen-bond donors (Lipinski definition) is 1. The van der Waals surface area contributed by atoms with E-state index in [1.807, 2.05) is 23.6 Å². The molecule has 1 aromatic heterocycles. The van der Waals surface area contributed by atoms with Gasteiger partial charge in [0.15, 0.2) is 0 Å². The molecule has 1 rings (SSSR count). The molecule has 0 unspecified atom stereocenters. The number of carbonyl (C=O) groups is 1. The van der Waals surface area contributed by atoms with E-state index in [0.29, 0.717) is 0 Å². The Labute approximate surface area is 80.3 Å². The summed E-state index contributed by atoms with van der Waals surface area (Å²) < 4.78 is 0. The first kappa shape index (κ1) is 9.49. The predicted molar refractivity (Wildman–Crippen MR) is 52.0 cm³/mol. The van der Waals surface area contributed by atoms with Gasteiger partial charge in [0.05, 0.1) is 0 Å². The molecule has 66 valence electrons. The fraction of sp³-hybridized carbons (Fsp3) is 0.111. The minimum absolute atomic E-state index is 0.130. The van der Waals surface area contributed by atoms with Gasteiger partial charge in [-0.3, -0.25) is 4.79 Å². The Morgan fingerprint density at radius 3 is 3.00 bits per heavy atom. The second-order valence-electron chi connectivity index (χ2n) is 2.26. The minimum Gasteiger partial charge on any atom is -0.354 e. The second-order valence-corrected chi connectivity index (χ2v) is 3.24. The second kappa shape index (κ2) is 4.43. The molecule has 0 aliphatic rings. The van der Waals surface area contributed by atoms with Crippen LogP contribution >= 0.6 is 11.3 Å². The smallest absolute Gasteiger partial charge is 0.261 e. The highest BCUT2D eigenvalue weighted by molar-refractivity contribution is 7.10. The van der Waals surface area contributed by atoms with E-state index in [9.17, 15) is 4.79 Å². The molecule has 0 spiro atoms. The summed E-state index contributed by atoms with van der Waals surface area (Å²) in [6.07, 6.45) is 1.57. The van der Waals surface area contributed by atoms with Gasteiger partial charge in [-0.25, -0.2) is 0 Å². The summed E-state index contributed by atoms with van der Waals surface area (Å²) in [4.78, 5) is 12.0. The van der Waals surface area contributed by atoms with Crippen LogP contribution < -0.4 is 5.32 Å². The molecule has 4 heteroatoms. The predicted octanol–water partition coefficient (Wildman–Crippen LogP) is 1.40. The fourth-order valence-electron chi connectivity index (χ4n) is 0.799. The fourth-order valence-corrected chi connectivity index (χ4v) is 1.46. The normalized spacial score (nSPS) is 10.6. The van der Waals surface area contributed by atoms with Crippen LogP contribution in [-0.4, -0.2) is 13.0 Å². The van der Waals surface area contributed by atoms with Crippen molar-refractivity contribution in [3.8, 4) is 6.07 Å². The van der Waals surface area contributed by atoms with Gasteiger partial charge in [0.1, 0.15) is 11.6 Å². The van der Waals surface area contributed by atoms with Crippen molar-refractivity contribution in [2.45, 2.75) is 0 Å². The summed E-state index contributed by atoms with van der Waals surface area (Å²) >= 11 is 1.49. The molecule has 1 N–H and O–H groups in total. The zero-order valence-electron chi connectivity index (χ0n) is 7.07. The molecule has 0 aromatic carbocycles. The first-order valence-corrected chi connectivity index (χ1v) is 4.53. The molecule has 0 atom stereocenters. The van der Waals surface area contributed by atoms with Crippen LogP contribution in [0.25, 0.3) is 6.08 Å². The van der Waals surface area contributed by atoms with E-state index in [1.165, 1.54) is 18.4 Å². The lowest BCUT2D eigenvalue weighted by Gasteiger charge is -1.94. The van der Waals surface area contributed by atoms with Crippen molar-refractivity contribution in [1.82, 2.24) is 5.32 Å². The molecule has 0 radical (unpaired) electrons. The monoisotopic (exact) mass is 192 g/mol. The van der Waals surface area contributed by atoms with Gasteiger partial charge in [0.25, 0.3) is 5.91 Å². The Kier molecular flexibility index (Phi) is 3.23. The van der Waals surface area contributed by atoms with Crippen LogP contribution in [-0.2, 0) is 4.79 Å². The molecular formula is C9H8N2OS. The van der Waals surface area contributed by atoms with Crippen LogP contribution in [0.15, 0.2) is 23.1 Å². The first-order valence-electron chi connectivity index (χ1n) is 3.65. The molecule has 0 fully saturated rings. The number of nitrogens with one attached hydrogen (secondary N) is 1. The summed E-state index contributed by atoms with van der Waals surface area (Å²) in [5.41, 5.74) is 0.130. The van der Waals surface area contributed by atoms with Crippen molar-refractivity contribution < 1.29 is 4.79 Å². The van der Waals surface area contributed by atoms with Gasteiger partial charge in [-0.05, 0) is 17.5 Å². The van der Waals surface area contributed by atoms with Crippen molar-refractivity contribution in [3.05, 3.63) is 28.0 Å². The molecule has 1 aromatic rings. The van der Waals surface area contributed by atoms with Gasteiger partial charge in [-0.1, -0.05) is 6.07 Å². The number of carbonyl (C=O) groups excluding carboxylic acids is 1. The Hall–Kier alpha value is -1.60. The average Bonchev–Trinajstić information content (AvgIpc) is 2.65. The molecule has 0 saturated heterocycles. The van der Waals surface area contributed by atoms with E-state index in [1.54, 1.807) is 6.08 Å². The number of rotatable bonds is 2. The summed E-state index contributed by atoms with van der Waals surface area (Å²) in [6.45, 7) is 0. The quantitative estimate of drug-likeness (QED) is 0.569. The van der Waals surface area contributed by atoms with Crippen LogP contribution in [0.2, 0.25) is 0 Å². The molecule has 1 heterocycles. The Morgan fingerprint density at radius 2 is 2.54 bits per heavy atom. The SMILES string of the molecule is CNC(=O)/C(C#N)=C\c1cccs1. The van der Waals surface area contributed by atoms with Crippen molar-refractivity contribution in [3.63, 3.8) is 0 Å². The number of thiophene rings is 1. The highest BCUT2D eigenvalue weighted by atomic mass is 32.1. The zero-order valence-corrected chi connectivity index (χ0v) is 7.89. The maximum atomic E-state index is 11.1. The maximum absolute atomic E-state index is 11.1. The third kappa shape index (κ3) is 2.42. The molecule has 13 heavy (non-hydrogen) atoms. The molecule has 1 amide bonds. The highest BCUT2D eigenvalue weighted by Crippen LogP contribution is 2.12. The first-order chi connectivity index (χ1) is 6.27. The average molecular weight is 192 g/mol. The molecule has 0 bridgehead atoms. The number of likely N-dealkylation sites (N-methyl/N-ethyl adjacent to an activating group) is 1. The van der Waals surface area contributed by atoms with Gasteiger partial charge in [-0.2, -0.15) is 5.26 Å². The Bertz CT molecular complexity index is 359. The van der Waals surface area contributed by atoms with Crippen LogP contribution in [0, 0.1) is 11.3 Å². The largest absolute Gasteiger partial charge is 0.354 e. The Balaban J connectivity index is 2.91. The standard InChI is InChI=1S/C9H8N2OS/c1-11-9(12)7(6-10)5-8-3-2-4-13-8/h2-5H,1H3,(H,11,12)/b7-5-. The topological polar surface area (TPSA) is 52.9 Å². The van der Waals surface area contributed by atoms with Crippen LogP contribution in [0.3, 0.4) is 0 Å². The minimum atomic E-state index is -0.351. The summed E-state index contributed by atoms with van der Waals surface area (Å²) in [6, 6.07) is 5.57. The van der Waals surface area contributed by atoms with E-state index >= 15 is 0 Å². The number of hydrogen-bond acceptors (Lipinski definition) is 3. The molecular weight excluding hydrogens is 184 g/mol. The maximum Gasteiger partial charge on any atom is 0.261 e. The third-order valence-electron chi connectivity index (χ3n) is 1.42. The van der Waals surface area contributed by atoms with Crippen LogP contribution in [0.5, 0.6) is 0 Å². The van der Waals surface area contributed by atoms with Gasteiger partial charge in [0.2, 0.25) is 0 Å². The van der Waals surface area contributed by atoms with Gasteiger partial charge in [0, 0.05) is 11.9 Å². The lowest BCUT2D eigenvalue weighted by molar-refractivity contribution is -0.116. The van der Waals surface area contributed by atoms with Crippen LogP contribution in [0.4, 0.5) is 0 Å². The van der Waals surface area contributed by atoms with E-state index in [4.69, 9.17) is 5.26 Å². The number of nitriles is 1. The van der Waals surface area contributed by atoms with Crippen molar-refractivity contribution in [1.29, 1.82) is 5.26 Å². The lowest BCUT2D eigenvalue weighted by atomic mass is 10.2. The Morgan fingerprint density at radius 1 is 1.77 bits per heavy atom. The van der Waals surface area contributed by atoms with Gasteiger partial charge < -0.3 is 5.32 Å². The molecule has 0 aliphatic carbocycles.